The topological polar surface area (TPSA) is 29.0 Å². The summed E-state index contributed by atoms with van der Waals surface area (Å²) in [5, 5.41) is 0. The lowest BCUT2D eigenvalue weighted by Gasteiger charge is -1.90. The van der Waals surface area contributed by atoms with Gasteiger partial charge in [-0.1, -0.05) is 6.92 Å². The van der Waals surface area contributed by atoms with E-state index in [1.807, 2.05) is 26.0 Å². The molecular formula is C9H17N3. The highest BCUT2D eigenvalue weighted by Crippen LogP contribution is 1.87. The van der Waals surface area contributed by atoms with Crippen LogP contribution in [0, 0.1) is 0 Å². The molecule has 0 N–H and O–H groups in total. The smallest absolute Gasteiger partial charge is 0.0583 e. The van der Waals surface area contributed by atoms with Crippen molar-refractivity contribution in [1.82, 2.24) is 14.9 Å². The van der Waals surface area contributed by atoms with Crippen molar-refractivity contribution in [2.75, 3.05) is 21.1 Å². The van der Waals surface area contributed by atoms with E-state index in [4.69, 9.17) is 0 Å². The highest BCUT2D eigenvalue weighted by atomic mass is 15.0. The van der Waals surface area contributed by atoms with Gasteiger partial charge < -0.3 is 4.90 Å². The fourth-order valence-corrected chi connectivity index (χ4v) is 0.513. The maximum Gasteiger partial charge on any atom is 0.0583 e. The molecule has 0 spiro atoms. The first-order chi connectivity index (χ1) is 5.66. The zero-order valence-corrected chi connectivity index (χ0v) is 8.28. The van der Waals surface area contributed by atoms with Gasteiger partial charge in [0.05, 0.1) is 5.69 Å². The molecule has 3 heteroatoms. The van der Waals surface area contributed by atoms with Crippen molar-refractivity contribution < 1.29 is 0 Å². The summed E-state index contributed by atoms with van der Waals surface area (Å²) in [6.45, 7) is 2.06. The molecule has 0 amide bonds. The van der Waals surface area contributed by atoms with E-state index in [0.29, 0.717) is 0 Å². The molecular weight excluding hydrogens is 150 g/mol. The Bertz CT molecular complexity index is 181. The normalized spacial score (nSPS) is 9.08. The van der Waals surface area contributed by atoms with Crippen molar-refractivity contribution in [1.29, 1.82) is 0 Å². The quantitative estimate of drug-likeness (QED) is 0.629. The van der Waals surface area contributed by atoms with Gasteiger partial charge in [-0.05, 0) is 27.6 Å². The summed E-state index contributed by atoms with van der Waals surface area (Å²) >= 11 is 0. The second kappa shape index (κ2) is 6.73. The first-order valence-corrected chi connectivity index (χ1v) is 4.02. The SMILES string of the molecule is CCc1cnccn1.CN(C)C. The minimum atomic E-state index is 0.966. The third kappa shape index (κ3) is 7.15. The molecule has 1 aromatic rings. The van der Waals surface area contributed by atoms with Crippen LogP contribution in [0.2, 0.25) is 0 Å². The van der Waals surface area contributed by atoms with Crippen LogP contribution in [0.1, 0.15) is 12.6 Å². The van der Waals surface area contributed by atoms with Crippen LogP contribution in [0.25, 0.3) is 0 Å². The molecule has 12 heavy (non-hydrogen) atoms. The third-order valence-corrected chi connectivity index (χ3v) is 0.979. The highest BCUT2D eigenvalue weighted by Gasteiger charge is 1.82. The summed E-state index contributed by atoms with van der Waals surface area (Å²) in [6, 6.07) is 0. The second-order valence-corrected chi connectivity index (χ2v) is 2.89. The van der Waals surface area contributed by atoms with Gasteiger partial charge in [-0.15, -0.1) is 0 Å². The molecule has 3 nitrogen and oxygen atoms in total. The molecule has 0 aliphatic carbocycles. The molecule has 1 rings (SSSR count). The van der Waals surface area contributed by atoms with Crippen LogP contribution in [0.5, 0.6) is 0 Å². The van der Waals surface area contributed by atoms with Gasteiger partial charge in [-0.2, -0.15) is 0 Å². The molecule has 0 unspecified atom stereocenters. The number of aryl methyl sites for hydroxylation is 1. The average molecular weight is 167 g/mol. The van der Waals surface area contributed by atoms with E-state index in [-0.39, 0.29) is 0 Å². The van der Waals surface area contributed by atoms with Crippen LogP contribution in [0.3, 0.4) is 0 Å². The Balaban J connectivity index is 0.000000261. The van der Waals surface area contributed by atoms with Crippen molar-refractivity contribution in [2.24, 2.45) is 0 Å². The van der Waals surface area contributed by atoms with Crippen LogP contribution in [0.4, 0.5) is 0 Å². The van der Waals surface area contributed by atoms with Crippen LogP contribution in [0.15, 0.2) is 18.6 Å². The van der Waals surface area contributed by atoms with Crippen molar-refractivity contribution in [3.05, 3.63) is 24.3 Å². The van der Waals surface area contributed by atoms with Gasteiger partial charge in [-0.25, -0.2) is 0 Å². The van der Waals surface area contributed by atoms with Gasteiger partial charge in [0.2, 0.25) is 0 Å². The zero-order valence-electron chi connectivity index (χ0n) is 8.28. The Hall–Kier alpha value is -0.960. The predicted molar refractivity (Wildman–Crippen MR) is 51.0 cm³/mol. The minimum Gasteiger partial charge on any atom is -0.312 e. The van der Waals surface area contributed by atoms with Crippen LogP contribution < -0.4 is 0 Å². The van der Waals surface area contributed by atoms with Gasteiger partial charge in [0.1, 0.15) is 0 Å². The van der Waals surface area contributed by atoms with Crippen LogP contribution in [-0.2, 0) is 6.42 Å². The minimum absolute atomic E-state index is 0.966. The molecule has 0 saturated heterocycles. The number of hydrogen-bond donors (Lipinski definition) is 0. The lowest BCUT2D eigenvalue weighted by atomic mass is 10.4. The third-order valence-electron chi connectivity index (χ3n) is 0.979. The van der Waals surface area contributed by atoms with E-state index < -0.39 is 0 Å². The number of hydrogen-bond acceptors (Lipinski definition) is 3. The summed E-state index contributed by atoms with van der Waals surface area (Å²) in [6.07, 6.45) is 6.13. The lowest BCUT2D eigenvalue weighted by molar-refractivity contribution is 0.505. The first-order valence-electron chi connectivity index (χ1n) is 4.02. The van der Waals surface area contributed by atoms with Gasteiger partial charge in [0.25, 0.3) is 0 Å². The zero-order chi connectivity index (χ0) is 9.40. The van der Waals surface area contributed by atoms with E-state index in [1.165, 1.54) is 0 Å². The molecule has 1 aromatic heterocycles. The lowest BCUT2D eigenvalue weighted by Crippen LogP contribution is -1.99. The van der Waals surface area contributed by atoms with Crippen molar-refractivity contribution in [2.45, 2.75) is 13.3 Å². The van der Waals surface area contributed by atoms with Crippen molar-refractivity contribution in [3.63, 3.8) is 0 Å². The van der Waals surface area contributed by atoms with E-state index in [1.54, 1.807) is 18.6 Å². The van der Waals surface area contributed by atoms with Crippen molar-refractivity contribution in [3.8, 4) is 0 Å². The van der Waals surface area contributed by atoms with E-state index in [0.717, 1.165) is 12.1 Å². The monoisotopic (exact) mass is 167 g/mol. The van der Waals surface area contributed by atoms with Gasteiger partial charge in [0.15, 0.2) is 0 Å². The van der Waals surface area contributed by atoms with Gasteiger partial charge in [0, 0.05) is 18.6 Å². The summed E-state index contributed by atoms with van der Waals surface area (Å²) < 4.78 is 0. The van der Waals surface area contributed by atoms with E-state index in [9.17, 15) is 0 Å². The fourth-order valence-electron chi connectivity index (χ4n) is 0.513. The molecule has 0 fully saturated rings. The number of rotatable bonds is 1. The highest BCUT2D eigenvalue weighted by molar-refractivity contribution is 4.92. The Kier molecular flexibility index (Phi) is 6.19. The maximum absolute atomic E-state index is 4.03. The molecule has 0 aliphatic rings. The number of aromatic nitrogens is 2. The summed E-state index contributed by atoms with van der Waals surface area (Å²) in [7, 11) is 6.00. The molecule has 0 bridgehead atoms. The van der Waals surface area contributed by atoms with E-state index in [2.05, 4.69) is 16.9 Å². The molecule has 1 heterocycles. The standard InChI is InChI=1S/C6H8N2.C3H9N/c1-2-6-5-7-3-4-8-6;1-4(2)3/h3-5H,2H2,1H3;1-3H3. The largest absolute Gasteiger partial charge is 0.312 e. The molecule has 0 aromatic carbocycles. The van der Waals surface area contributed by atoms with Gasteiger partial charge >= 0.3 is 0 Å². The number of nitrogens with zero attached hydrogens (tertiary/aromatic N) is 3. The Morgan fingerprint density at radius 1 is 1.25 bits per heavy atom. The maximum atomic E-state index is 4.03. The average Bonchev–Trinajstić information content (AvgIpc) is 2.05. The summed E-state index contributed by atoms with van der Waals surface area (Å²) in [5.74, 6) is 0. The predicted octanol–water partition coefficient (Wildman–Crippen LogP) is 1.22. The van der Waals surface area contributed by atoms with E-state index >= 15 is 0 Å². The molecule has 0 atom stereocenters. The van der Waals surface area contributed by atoms with Crippen molar-refractivity contribution >= 4 is 0 Å². The van der Waals surface area contributed by atoms with Crippen LogP contribution >= 0.6 is 0 Å². The second-order valence-electron chi connectivity index (χ2n) is 2.89. The van der Waals surface area contributed by atoms with Gasteiger partial charge in [-0.3, -0.25) is 9.97 Å². The van der Waals surface area contributed by atoms with Crippen LogP contribution in [-0.4, -0.2) is 36.0 Å². The Morgan fingerprint density at radius 3 is 2.08 bits per heavy atom. The summed E-state index contributed by atoms with van der Waals surface area (Å²) in [5.41, 5.74) is 1.05. The molecule has 0 aliphatic heterocycles. The Labute approximate surface area is 74.5 Å². The Morgan fingerprint density at radius 2 is 1.83 bits per heavy atom. The first kappa shape index (κ1) is 11.0. The molecule has 68 valence electrons. The molecule has 0 saturated carbocycles. The fraction of sp³-hybridized carbons (Fsp3) is 0.556. The summed E-state index contributed by atoms with van der Waals surface area (Å²) in [4.78, 5) is 9.93. The molecule has 0 radical (unpaired) electrons.